The van der Waals surface area contributed by atoms with Gasteiger partial charge in [0.2, 0.25) is 10.0 Å². The number of hydrogen-bond donors (Lipinski definition) is 1. The molecular weight excluding hydrogens is 383 g/mol. The summed E-state index contributed by atoms with van der Waals surface area (Å²) < 4.78 is 44.4. The van der Waals surface area contributed by atoms with Crippen molar-refractivity contribution in [2.24, 2.45) is 0 Å². The van der Waals surface area contributed by atoms with Gasteiger partial charge in [-0.15, -0.1) is 0 Å². The SMILES string of the molecule is CN(C)S(=O)(=O)c1cc(C(=O)NCCOc2cccc(Cl)c2)ccc1F. The third-order valence-electron chi connectivity index (χ3n) is 3.40. The van der Waals surface area contributed by atoms with E-state index < -0.39 is 26.6 Å². The van der Waals surface area contributed by atoms with Crippen molar-refractivity contribution >= 4 is 27.5 Å². The van der Waals surface area contributed by atoms with Crippen molar-refractivity contribution in [1.82, 2.24) is 9.62 Å². The highest BCUT2D eigenvalue weighted by Crippen LogP contribution is 2.19. The molecule has 0 radical (unpaired) electrons. The molecule has 1 N–H and O–H groups in total. The largest absolute Gasteiger partial charge is 0.492 e. The van der Waals surface area contributed by atoms with E-state index in [-0.39, 0.29) is 18.7 Å². The van der Waals surface area contributed by atoms with Gasteiger partial charge < -0.3 is 10.1 Å². The molecule has 0 aliphatic carbocycles. The zero-order chi connectivity index (χ0) is 19.3. The fraction of sp³-hybridized carbons (Fsp3) is 0.235. The lowest BCUT2D eigenvalue weighted by molar-refractivity contribution is 0.0946. The van der Waals surface area contributed by atoms with Gasteiger partial charge in [0.1, 0.15) is 23.1 Å². The molecule has 0 saturated heterocycles. The van der Waals surface area contributed by atoms with Crippen LogP contribution in [0.2, 0.25) is 5.02 Å². The van der Waals surface area contributed by atoms with Crippen molar-refractivity contribution in [2.45, 2.75) is 4.90 Å². The monoisotopic (exact) mass is 400 g/mol. The smallest absolute Gasteiger partial charge is 0.251 e. The van der Waals surface area contributed by atoms with Crippen LogP contribution in [-0.4, -0.2) is 45.9 Å². The molecule has 2 rings (SSSR count). The molecule has 0 fully saturated rings. The maximum atomic E-state index is 13.8. The molecule has 0 aliphatic rings. The van der Waals surface area contributed by atoms with E-state index in [0.29, 0.717) is 10.8 Å². The summed E-state index contributed by atoms with van der Waals surface area (Å²) in [6.45, 7) is 0.370. The highest BCUT2D eigenvalue weighted by atomic mass is 35.5. The first-order valence-electron chi connectivity index (χ1n) is 7.60. The zero-order valence-electron chi connectivity index (χ0n) is 14.2. The second kappa shape index (κ2) is 8.48. The lowest BCUT2D eigenvalue weighted by Gasteiger charge is -2.13. The quantitative estimate of drug-likeness (QED) is 0.725. The summed E-state index contributed by atoms with van der Waals surface area (Å²) in [4.78, 5) is 11.6. The van der Waals surface area contributed by atoms with Crippen LogP contribution < -0.4 is 10.1 Å². The van der Waals surface area contributed by atoms with Crippen molar-refractivity contribution in [2.75, 3.05) is 27.2 Å². The van der Waals surface area contributed by atoms with Gasteiger partial charge in [-0.3, -0.25) is 4.79 Å². The lowest BCUT2D eigenvalue weighted by atomic mass is 10.2. The van der Waals surface area contributed by atoms with E-state index in [4.69, 9.17) is 16.3 Å². The second-order valence-corrected chi connectivity index (χ2v) is 8.05. The Bertz CT molecular complexity index is 903. The fourth-order valence-corrected chi connectivity index (χ4v) is 3.20. The summed E-state index contributed by atoms with van der Waals surface area (Å²) in [5.41, 5.74) is 0.0366. The highest BCUT2D eigenvalue weighted by Gasteiger charge is 2.23. The molecule has 2 aromatic carbocycles. The maximum absolute atomic E-state index is 13.8. The Morgan fingerprint density at radius 3 is 2.62 bits per heavy atom. The summed E-state index contributed by atoms with van der Waals surface area (Å²) in [6, 6.07) is 10.0. The van der Waals surface area contributed by atoms with Gasteiger partial charge in [0.05, 0.1) is 6.54 Å². The number of carbonyl (C=O) groups is 1. The van der Waals surface area contributed by atoms with Gasteiger partial charge in [0, 0.05) is 24.7 Å². The first-order valence-corrected chi connectivity index (χ1v) is 9.42. The third-order valence-corrected chi connectivity index (χ3v) is 5.47. The van der Waals surface area contributed by atoms with Gasteiger partial charge in [-0.05, 0) is 36.4 Å². The minimum atomic E-state index is -3.99. The molecule has 6 nitrogen and oxygen atoms in total. The molecule has 0 spiro atoms. The molecule has 0 atom stereocenters. The van der Waals surface area contributed by atoms with E-state index in [2.05, 4.69) is 5.32 Å². The summed E-state index contributed by atoms with van der Waals surface area (Å²) in [5.74, 6) is -0.887. The Morgan fingerprint density at radius 1 is 1.23 bits per heavy atom. The van der Waals surface area contributed by atoms with Crippen LogP contribution in [0.4, 0.5) is 4.39 Å². The van der Waals surface area contributed by atoms with E-state index in [1.165, 1.54) is 20.2 Å². The Morgan fingerprint density at radius 2 is 1.96 bits per heavy atom. The van der Waals surface area contributed by atoms with Crippen LogP contribution in [0.5, 0.6) is 5.75 Å². The minimum Gasteiger partial charge on any atom is -0.492 e. The number of nitrogens with one attached hydrogen (secondary N) is 1. The molecule has 0 aromatic heterocycles. The molecule has 0 heterocycles. The van der Waals surface area contributed by atoms with Crippen LogP contribution in [-0.2, 0) is 10.0 Å². The number of halogens is 2. The molecule has 0 unspecified atom stereocenters. The second-order valence-electron chi connectivity index (χ2n) is 5.49. The predicted molar refractivity (Wildman–Crippen MR) is 96.6 cm³/mol. The number of ether oxygens (including phenoxy) is 1. The molecule has 0 bridgehead atoms. The first-order chi connectivity index (χ1) is 12.2. The molecule has 2 aromatic rings. The van der Waals surface area contributed by atoms with Crippen molar-refractivity contribution in [1.29, 1.82) is 0 Å². The van der Waals surface area contributed by atoms with Crippen LogP contribution in [0.3, 0.4) is 0 Å². The minimum absolute atomic E-state index is 0.0366. The average molecular weight is 401 g/mol. The van der Waals surface area contributed by atoms with Crippen LogP contribution in [0.15, 0.2) is 47.4 Å². The highest BCUT2D eigenvalue weighted by molar-refractivity contribution is 7.89. The van der Waals surface area contributed by atoms with E-state index >= 15 is 0 Å². The lowest BCUT2D eigenvalue weighted by Crippen LogP contribution is -2.29. The number of sulfonamides is 1. The zero-order valence-corrected chi connectivity index (χ0v) is 15.8. The van der Waals surface area contributed by atoms with Crippen molar-refractivity contribution in [3.05, 3.63) is 58.9 Å². The third kappa shape index (κ3) is 4.94. The van der Waals surface area contributed by atoms with Crippen LogP contribution in [0.25, 0.3) is 0 Å². The molecule has 9 heteroatoms. The van der Waals surface area contributed by atoms with E-state index in [9.17, 15) is 17.6 Å². The van der Waals surface area contributed by atoms with Crippen LogP contribution >= 0.6 is 11.6 Å². The van der Waals surface area contributed by atoms with Crippen LogP contribution in [0, 0.1) is 5.82 Å². The van der Waals surface area contributed by atoms with Gasteiger partial charge in [-0.1, -0.05) is 17.7 Å². The van der Waals surface area contributed by atoms with E-state index in [1.54, 1.807) is 24.3 Å². The number of amides is 1. The van der Waals surface area contributed by atoms with Crippen molar-refractivity contribution in [3.8, 4) is 5.75 Å². The van der Waals surface area contributed by atoms with Gasteiger partial charge in [-0.25, -0.2) is 17.1 Å². The van der Waals surface area contributed by atoms with E-state index in [1.807, 2.05) is 0 Å². The Hall–Kier alpha value is -2.16. The summed E-state index contributed by atoms with van der Waals surface area (Å²) >= 11 is 5.84. The molecule has 140 valence electrons. The molecule has 0 aliphatic heterocycles. The summed E-state index contributed by atoms with van der Waals surface area (Å²) in [6.07, 6.45) is 0. The number of rotatable bonds is 7. The standard InChI is InChI=1S/C17H18ClFN2O4S/c1-21(2)26(23,24)16-10-12(6-7-15(16)19)17(22)20-8-9-25-14-5-3-4-13(18)11-14/h3-7,10-11H,8-9H2,1-2H3,(H,20,22). The Labute approximate surface area is 156 Å². The first kappa shape index (κ1) is 20.2. The molecule has 26 heavy (non-hydrogen) atoms. The molecular formula is C17H18ClFN2O4S. The Balaban J connectivity index is 1.99. The fourth-order valence-electron chi connectivity index (χ4n) is 2.03. The normalized spacial score (nSPS) is 11.4. The predicted octanol–water partition coefficient (Wildman–Crippen LogP) is 2.54. The molecule has 1 amide bonds. The van der Waals surface area contributed by atoms with Gasteiger partial charge in [-0.2, -0.15) is 0 Å². The average Bonchev–Trinajstić information content (AvgIpc) is 2.58. The number of carbonyl (C=O) groups excluding carboxylic acids is 1. The van der Waals surface area contributed by atoms with E-state index in [0.717, 1.165) is 16.4 Å². The number of hydrogen-bond acceptors (Lipinski definition) is 4. The Kier molecular flexibility index (Phi) is 6.57. The van der Waals surface area contributed by atoms with Crippen molar-refractivity contribution < 1.29 is 22.3 Å². The summed E-state index contributed by atoms with van der Waals surface area (Å²) in [5, 5.41) is 3.12. The van der Waals surface area contributed by atoms with Gasteiger partial charge in [0.15, 0.2) is 0 Å². The molecule has 0 saturated carbocycles. The van der Waals surface area contributed by atoms with Crippen molar-refractivity contribution in [3.63, 3.8) is 0 Å². The van der Waals surface area contributed by atoms with Gasteiger partial charge in [0.25, 0.3) is 5.91 Å². The number of benzene rings is 2. The topological polar surface area (TPSA) is 75.7 Å². The van der Waals surface area contributed by atoms with Crippen LogP contribution in [0.1, 0.15) is 10.4 Å². The van der Waals surface area contributed by atoms with Gasteiger partial charge >= 0.3 is 0 Å². The maximum Gasteiger partial charge on any atom is 0.251 e. The summed E-state index contributed by atoms with van der Waals surface area (Å²) in [7, 11) is -1.41. The number of nitrogens with zero attached hydrogens (tertiary/aromatic N) is 1.